The van der Waals surface area contributed by atoms with E-state index >= 15 is 0 Å². The first kappa shape index (κ1) is 25.4. The molecule has 1 unspecified atom stereocenters. The van der Waals surface area contributed by atoms with Crippen LogP contribution in [0.4, 0.5) is 19.3 Å². The van der Waals surface area contributed by atoms with Crippen LogP contribution in [0.5, 0.6) is 11.5 Å². The van der Waals surface area contributed by atoms with Gasteiger partial charge in [0, 0.05) is 11.3 Å². The van der Waals surface area contributed by atoms with Crippen molar-refractivity contribution < 1.29 is 39.9 Å². The second-order valence-corrected chi connectivity index (χ2v) is 11.8. The van der Waals surface area contributed by atoms with E-state index in [0.717, 1.165) is 0 Å². The zero-order valence-corrected chi connectivity index (χ0v) is 20.5. The number of fused-ring (bicyclic) bond motifs is 3. The molecule has 1 aliphatic rings. The molecule has 0 bridgehead atoms. The van der Waals surface area contributed by atoms with Gasteiger partial charge in [-0.05, 0) is 35.4 Å². The number of urea groups is 1. The minimum absolute atomic E-state index is 0.0521. The van der Waals surface area contributed by atoms with E-state index in [4.69, 9.17) is 4.74 Å². The van der Waals surface area contributed by atoms with Gasteiger partial charge in [-0.25, -0.2) is 21.6 Å². The van der Waals surface area contributed by atoms with Gasteiger partial charge in [0.05, 0.1) is 18.1 Å². The molecule has 0 radical (unpaired) electrons. The minimum atomic E-state index is -4.45. The van der Waals surface area contributed by atoms with Gasteiger partial charge in [-0.3, -0.25) is 0 Å². The highest BCUT2D eigenvalue weighted by atomic mass is 32.3. The molecule has 1 aliphatic heterocycles. The first-order chi connectivity index (χ1) is 16.9. The van der Waals surface area contributed by atoms with Crippen LogP contribution in [0.1, 0.15) is 17.2 Å². The van der Waals surface area contributed by atoms with Crippen molar-refractivity contribution in [2.45, 2.75) is 12.7 Å². The SMILES string of the molecule is CS(=O)(=O)N(C(=O)Nc1ccc2c(c1)C(c1ccccc1)Oc1cccc(OC(F)F)c1-2)S(C)(=O)=O. The van der Waals surface area contributed by atoms with Crippen LogP contribution in [-0.4, -0.2) is 45.7 Å². The summed E-state index contributed by atoms with van der Waals surface area (Å²) >= 11 is 0. The van der Waals surface area contributed by atoms with Crippen molar-refractivity contribution in [2.75, 3.05) is 17.8 Å². The van der Waals surface area contributed by atoms with Gasteiger partial charge in [0.1, 0.15) is 17.6 Å². The number of amides is 2. The molecule has 9 nitrogen and oxygen atoms in total. The standard InChI is InChI=1S/C23H20F2N2O7S2/c1-35(29,30)27(36(2,31)32)23(28)26-15-11-12-16-17(13-15)21(14-7-4-3-5-8-14)33-18-9-6-10-19(20(16)18)34-22(24)25/h3-13,21-22H,1-2H3,(H,26,28). The number of rotatable bonds is 6. The largest absolute Gasteiger partial charge is 0.480 e. The van der Waals surface area contributed by atoms with Crippen LogP contribution in [0.15, 0.2) is 66.7 Å². The number of ether oxygens (including phenoxy) is 2. The van der Waals surface area contributed by atoms with Crippen LogP contribution in [-0.2, 0) is 20.0 Å². The van der Waals surface area contributed by atoms with Crippen LogP contribution in [0.25, 0.3) is 11.1 Å². The molecule has 0 saturated heterocycles. The second-order valence-electron chi connectivity index (χ2n) is 7.87. The van der Waals surface area contributed by atoms with Gasteiger partial charge in [0.25, 0.3) is 0 Å². The first-order valence-electron chi connectivity index (χ1n) is 10.3. The molecule has 2 amide bonds. The van der Waals surface area contributed by atoms with Crippen LogP contribution >= 0.6 is 0 Å². The quantitative estimate of drug-likeness (QED) is 0.500. The van der Waals surface area contributed by atoms with Gasteiger partial charge >= 0.3 is 12.6 Å². The maximum absolute atomic E-state index is 13.1. The number of anilines is 1. The molecule has 0 aromatic heterocycles. The summed E-state index contributed by atoms with van der Waals surface area (Å²) in [5, 5.41) is 2.27. The summed E-state index contributed by atoms with van der Waals surface area (Å²) in [7, 11) is -8.90. The number of carbonyl (C=O) groups is 1. The molecule has 1 atom stereocenters. The lowest BCUT2D eigenvalue weighted by molar-refractivity contribution is -0.0496. The number of alkyl halides is 2. The second kappa shape index (κ2) is 9.39. The predicted octanol–water partition coefficient (Wildman–Crippen LogP) is 4.19. The van der Waals surface area contributed by atoms with Crippen molar-refractivity contribution in [3.8, 4) is 22.6 Å². The average Bonchev–Trinajstić information content (AvgIpc) is 2.76. The number of nitrogens with one attached hydrogen (secondary N) is 1. The molecule has 4 rings (SSSR count). The highest BCUT2D eigenvalue weighted by Gasteiger charge is 2.34. The van der Waals surface area contributed by atoms with Crippen LogP contribution in [0, 0.1) is 0 Å². The van der Waals surface area contributed by atoms with Crippen LogP contribution in [0.2, 0.25) is 0 Å². The summed E-state index contributed by atoms with van der Waals surface area (Å²) in [6.07, 6.45) is 0.441. The van der Waals surface area contributed by atoms with Crippen molar-refractivity contribution in [1.82, 2.24) is 3.71 Å². The number of hydrogen-bond donors (Lipinski definition) is 1. The lowest BCUT2D eigenvalue weighted by Gasteiger charge is -2.31. The number of benzene rings is 3. The summed E-state index contributed by atoms with van der Waals surface area (Å²) in [4.78, 5) is 12.6. The number of nitrogens with zero attached hydrogens (tertiary/aromatic N) is 1. The Labute approximate surface area is 206 Å². The van der Waals surface area contributed by atoms with Gasteiger partial charge in [0.15, 0.2) is 0 Å². The third-order valence-corrected chi connectivity index (χ3v) is 8.34. The topological polar surface area (TPSA) is 119 Å². The van der Waals surface area contributed by atoms with Crippen LogP contribution < -0.4 is 14.8 Å². The number of halogens is 2. The number of hydrogen-bond acceptors (Lipinski definition) is 7. The molecule has 1 heterocycles. The van der Waals surface area contributed by atoms with Crippen molar-refractivity contribution in [3.63, 3.8) is 0 Å². The summed E-state index contributed by atoms with van der Waals surface area (Å²) in [5.74, 6) is 0.180. The fraction of sp³-hybridized carbons (Fsp3) is 0.174. The number of sulfonamides is 2. The Bertz CT molecular complexity index is 1500. The number of carbonyl (C=O) groups excluding carboxylic acids is 1. The van der Waals surface area contributed by atoms with Crippen molar-refractivity contribution in [1.29, 1.82) is 0 Å². The monoisotopic (exact) mass is 538 g/mol. The Balaban J connectivity index is 1.83. The van der Waals surface area contributed by atoms with E-state index in [2.05, 4.69) is 10.1 Å². The summed E-state index contributed by atoms with van der Waals surface area (Å²) < 4.78 is 84.4. The van der Waals surface area contributed by atoms with E-state index in [9.17, 15) is 30.4 Å². The fourth-order valence-corrected chi connectivity index (χ4v) is 6.60. The van der Waals surface area contributed by atoms with Crippen molar-refractivity contribution >= 4 is 31.8 Å². The maximum Gasteiger partial charge on any atom is 0.387 e. The highest BCUT2D eigenvalue weighted by Crippen LogP contribution is 2.49. The highest BCUT2D eigenvalue weighted by molar-refractivity contribution is 8.04. The van der Waals surface area contributed by atoms with Gasteiger partial charge < -0.3 is 14.8 Å². The lowest BCUT2D eigenvalue weighted by atomic mass is 9.88. The smallest absolute Gasteiger partial charge is 0.387 e. The van der Waals surface area contributed by atoms with Crippen LogP contribution in [0.3, 0.4) is 0 Å². The molecule has 0 saturated carbocycles. The third kappa shape index (κ3) is 5.11. The molecule has 3 aromatic carbocycles. The van der Waals surface area contributed by atoms with E-state index in [-0.39, 0.29) is 20.7 Å². The fourth-order valence-electron chi connectivity index (χ4n) is 3.94. The molecular weight excluding hydrogens is 518 g/mol. The van der Waals surface area contributed by atoms with Crippen molar-refractivity contribution in [2.24, 2.45) is 0 Å². The molecule has 0 aliphatic carbocycles. The Morgan fingerprint density at radius 2 is 1.64 bits per heavy atom. The Morgan fingerprint density at radius 3 is 2.25 bits per heavy atom. The zero-order valence-electron chi connectivity index (χ0n) is 18.9. The van der Waals surface area contributed by atoms with Gasteiger partial charge in [-0.2, -0.15) is 8.78 Å². The van der Waals surface area contributed by atoms with E-state index < -0.39 is 38.8 Å². The molecule has 36 heavy (non-hydrogen) atoms. The van der Waals surface area contributed by atoms with E-state index in [1.165, 1.54) is 30.3 Å². The van der Waals surface area contributed by atoms with E-state index in [1.54, 1.807) is 36.4 Å². The maximum atomic E-state index is 13.1. The van der Waals surface area contributed by atoms with Gasteiger partial charge in [-0.15, -0.1) is 3.71 Å². The Hall–Kier alpha value is -3.71. The summed E-state index contributed by atoms with van der Waals surface area (Å²) in [6, 6.07) is 16.4. The molecular formula is C23H20F2N2O7S2. The third-order valence-electron chi connectivity index (χ3n) is 5.17. The molecule has 1 N–H and O–H groups in total. The normalized spacial score (nSPS) is 14.9. The summed E-state index contributed by atoms with van der Waals surface area (Å²) in [6.45, 7) is -3.08. The Morgan fingerprint density at radius 1 is 0.972 bits per heavy atom. The molecule has 13 heteroatoms. The Kier molecular flexibility index (Phi) is 6.62. The van der Waals surface area contributed by atoms with Gasteiger partial charge in [0.2, 0.25) is 20.0 Å². The molecule has 0 spiro atoms. The predicted molar refractivity (Wildman–Crippen MR) is 128 cm³/mol. The van der Waals surface area contributed by atoms with Crippen molar-refractivity contribution in [3.05, 3.63) is 77.9 Å². The zero-order chi connectivity index (χ0) is 26.3. The van der Waals surface area contributed by atoms with Gasteiger partial charge in [-0.1, -0.05) is 42.5 Å². The first-order valence-corrected chi connectivity index (χ1v) is 14.0. The lowest BCUT2D eigenvalue weighted by Crippen LogP contribution is -2.43. The molecule has 190 valence electrons. The molecule has 0 fully saturated rings. The molecule has 3 aromatic rings. The minimum Gasteiger partial charge on any atom is -0.480 e. The van der Waals surface area contributed by atoms with E-state index in [0.29, 0.717) is 35.0 Å². The van der Waals surface area contributed by atoms with E-state index in [1.807, 2.05) is 0 Å². The average molecular weight is 539 g/mol. The summed E-state index contributed by atoms with van der Waals surface area (Å²) in [5.41, 5.74) is 1.95.